The summed E-state index contributed by atoms with van der Waals surface area (Å²) in [6.45, 7) is 6.52. The average molecular weight is 310 g/mol. The van der Waals surface area contributed by atoms with Gasteiger partial charge in [0.15, 0.2) is 0 Å². The largest absolute Gasteiger partial charge is 0.489 e. The number of nitrogens with one attached hydrogen (secondary N) is 2. The third kappa shape index (κ3) is 5.51. The van der Waals surface area contributed by atoms with Crippen molar-refractivity contribution >= 4 is 17.4 Å². The van der Waals surface area contributed by atoms with Crippen molar-refractivity contribution in [2.75, 3.05) is 17.2 Å². The molecule has 0 aromatic heterocycles. The summed E-state index contributed by atoms with van der Waals surface area (Å²) in [6.07, 6.45) is 2.00. The second-order valence-corrected chi connectivity index (χ2v) is 5.51. The van der Waals surface area contributed by atoms with Crippen molar-refractivity contribution in [2.45, 2.75) is 20.8 Å². The molecule has 120 valence electrons. The highest BCUT2D eigenvalue weighted by Crippen LogP contribution is 2.18. The number of hydrogen-bond donors (Lipinski definition) is 2. The standard InChI is InChI=1S/C19H22N2O2/c1-14(2)11-12-23-17-9-6-8-16(13-17)20-19(22)21-18-10-5-4-7-15(18)3/h4-11,13H,12H2,1-3H3,(H2,20,21,22). The van der Waals surface area contributed by atoms with Crippen LogP contribution in [0.2, 0.25) is 0 Å². The van der Waals surface area contributed by atoms with E-state index in [0.717, 1.165) is 17.0 Å². The van der Waals surface area contributed by atoms with E-state index in [1.165, 1.54) is 5.57 Å². The number of rotatable bonds is 5. The normalized spacial score (nSPS) is 9.87. The fourth-order valence-electron chi connectivity index (χ4n) is 1.97. The smallest absolute Gasteiger partial charge is 0.323 e. The van der Waals surface area contributed by atoms with Gasteiger partial charge in [0, 0.05) is 17.4 Å². The number of carbonyl (C=O) groups excluding carboxylic acids is 1. The number of para-hydroxylation sites is 1. The fourth-order valence-corrected chi connectivity index (χ4v) is 1.97. The SMILES string of the molecule is CC(C)=CCOc1cccc(NC(=O)Nc2ccccc2C)c1. The Kier molecular flexibility index (Phi) is 5.80. The lowest BCUT2D eigenvalue weighted by atomic mass is 10.2. The van der Waals surface area contributed by atoms with Gasteiger partial charge in [0.1, 0.15) is 12.4 Å². The van der Waals surface area contributed by atoms with Crippen LogP contribution in [0.3, 0.4) is 0 Å². The summed E-state index contributed by atoms with van der Waals surface area (Å²) < 4.78 is 5.63. The molecule has 0 bridgehead atoms. The number of carbonyl (C=O) groups is 1. The molecule has 4 nitrogen and oxygen atoms in total. The lowest BCUT2D eigenvalue weighted by Crippen LogP contribution is -2.19. The molecule has 0 fully saturated rings. The van der Waals surface area contributed by atoms with E-state index < -0.39 is 0 Å². The summed E-state index contributed by atoms with van der Waals surface area (Å²) in [5.74, 6) is 0.719. The molecule has 0 saturated carbocycles. The Bertz CT molecular complexity index is 704. The van der Waals surface area contributed by atoms with Crippen LogP contribution in [0.1, 0.15) is 19.4 Å². The minimum Gasteiger partial charge on any atom is -0.489 e. The van der Waals surface area contributed by atoms with E-state index >= 15 is 0 Å². The van der Waals surface area contributed by atoms with Gasteiger partial charge in [-0.15, -0.1) is 0 Å². The van der Waals surface area contributed by atoms with Crippen molar-refractivity contribution in [1.82, 2.24) is 0 Å². The third-order valence-electron chi connectivity index (χ3n) is 3.23. The maximum atomic E-state index is 12.1. The molecule has 0 aliphatic rings. The molecule has 0 aliphatic carbocycles. The molecule has 2 amide bonds. The van der Waals surface area contributed by atoms with E-state index in [1.807, 2.05) is 69.3 Å². The maximum Gasteiger partial charge on any atom is 0.323 e. The van der Waals surface area contributed by atoms with Gasteiger partial charge in [0.25, 0.3) is 0 Å². The van der Waals surface area contributed by atoms with Gasteiger partial charge in [-0.2, -0.15) is 0 Å². The monoisotopic (exact) mass is 310 g/mol. The predicted molar refractivity (Wildman–Crippen MR) is 95.2 cm³/mol. The van der Waals surface area contributed by atoms with Gasteiger partial charge in [-0.25, -0.2) is 4.79 Å². The molecule has 0 saturated heterocycles. The molecule has 2 rings (SSSR count). The highest BCUT2D eigenvalue weighted by molar-refractivity contribution is 6.00. The number of anilines is 2. The zero-order valence-electron chi connectivity index (χ0n) is 13.7. The number of aryl methyl sites for hydroxylation is 1. The summed E-state index contributed by atoms with van der Waals surface area (Å²) in [6, 6.07) is 14.7. The highest BCUT2D eigenvalue weighted by atomic mass is 16.5. The first kappa shape index (κ1) is 16.6. The van der Waals surface area contributed by atoms with Crippen LogP contribution in [0.5, 0.6) is 5.75 Å². The predicted octanol–water partition coefficient (Wildman–Crippen LogP) is 4.98. The first-order valence-corrected chi connectivity index (χ1v) is 7.54. The summed E-state index contributed by atoms with van der Waals surface area (Å²) in [5, 5.41) is 5.65. The molecule has 2 N–H and O–H groups in total. The number of allylic oxidation sites excluding steroid dienone is 1. The molecule has 0 heterocycles. The Labute approximate surface area is 137 Å². The molecule has 2 aromatic rings. The van der Waals surface area contributed by atoms with Crippen molar-refractivity contribution in [3.05, 3.63) is 65.7 Å². The van der Waals surface area contributed by atoms with Crippen molar-refractivity contribution in [3.63, 3.8) is 0 Å². The van der Waals surface area contributed by atoms with Gasteiger partial charge in [-0.1, -0.05) is 29.8 Å². The van der Waals surface area contributed by atoms with Crippen molar-refractivity contribution in [3.8, 4) is 5.75 Å². The van der Waals surface area contributed by atoms with Gasteiger partial charge in [-0.3, -0.25) is 0 Å². The zero-order valence-corrected chi connectivity index (χ0v) is 13.7. The van der Waals surface area contributed by atoms with Gasteiger partial charge in [0.05, 0.1) is 0 Å². The second-order valence-electron chi connectivity index (χ2n) is 5.51. The molecule has 0 radical (unpaired) electrons. The van der Waals surface area contributed by atoms with Crippen molar-refractivity contribution < 1.29 is 9.53 Å². The molecular formula is C19H22N2O2. The van der Waals surface area contributed by atoms with Gasteiger partial charge in [0.2, 0.25) is 0 Å². The molecule has 2 aromatic carbocycles. The molecule has 0 atom stereocenters. The van der Waals surface area contributed by atoms with E-state index in [9.17, 15) is 4.79 Å². The topological polar surface area (TPSA) is 50.4 Å². The first-order valence-electron chi connectivity index (χ1n) is 7.54. The Morgan fingerprint density at radius 1 is 1.09 bits per heavy atom. The van der Waals surface area contributed by atoms with Crippen LogP contribution in [-0.2, 0) is 0 Å². The number of benzene rings is 2. The molecular weight excluding hydrogens is 288 g/mol. The Hall–Kier alpha value is -2.75. The highest BCUT2D eigenvalue weighted by Gasteiger charge is 2.05. The third-order valence-corrected chi connectivity index (χ3v) is 3.23. The van der Waals surface area contributed by atoms with Crippen LogP contribution in [0.25, 0.3) is 0 Å². The number of hydrogen-bond acceptors (Lipinski definition) is 2. The molecule has 0 aliphatic heterocycles. The van der Waals surface area contributed by atoms with Crippen LogP contribution in [0.15, 0.2) is 60.2 Å². The molecule has 4 heteroatoms. The van der Waals surface area contributed by atoms with Gasteiger partial charge in [-0.05, 0) is 50.6 Å². The van der Waals surface area contributed by atoms with E-state index in [1.54, 1.807) is 6.07 Å². The van der Waals surface area contributed by atoms with Crippen LogP contribution in [0, 0.1) is 6.92 Å². The second kappa shape index (κ2) is 8.03. The minimum atomic E-state index is -0.277. The fraction of sp³-hybridized carbons (Fsp3) is 0.211. The Morgan fingerprint density at radius 3 is 2.61 bits per heavy atom. The van der Waals surface area contributed by atoms with E-state index in [2.05, 4.69) is 10.6 Å². The van der Waals surface area contributed by atoms with Crippen molar-refractivity contribution in [1.29, 1.82) is 0 Å². The number of ether oxygens (including phenoxy) is 1. The molecule has 0 unspecified atom stereocenters. The minimum absolute atomic E-state index is 0.277. The van der Waals surface area contributed by atoms with E-state index in [4.69, 9.17) is 4.74 Å². The van der Waals surface area contributed by atoms with Crippen LogP contribution < -0.4 is 15.4 Å². The van der Waals surface area contributed by atoms with Gasteiger partial charge < -0.3 is 15.4 Å². The lowest BCUT2D eigenvalue weighted by Gasteiger charge is -2.11. The summed E-state index contributed by atoms with van der Waals surface area (Å²) in [7, 11) is 0. The molecule has 0 spiro atoms. The summed E-state index contributed by atoms with van der Waals surface area (Å²) in [4.78, 5) is 12.1. The van der Waals surface area contributed by atoms with Crippen LogP contribution in [-0.4, -0.2) is 12.6 Å². The number of urea groups is 1. The van der Waals surface area contributed by atoms with E-state index in [0.29, 0.717) is 12.3 Å². The van der Waals surface area contributed by atoms with Crippen LogP contribution >= 0.6 is 0 Å². The lowest BCUT2D eigenvalue weighted by molar-refractivity contribution is 0.262. The van der Waals surface area contributed by atoms with Crippen LogP contribution in [0.4, 0.5) is 16.2 Å². The maximum absolute atomic E-state index is 12.1. The Balaban J connectivity index is 1.96. The zero-order chi connectivity index (χ0) is 16.7. The van der Waals surface area contributed by atoms with Gasteiger partial charge >= 0.3 is 6.03 Å². The Morgan fingerprint density at radius 2 is 1.87 bits per heavy atom. The van der Waals surface area contributed by atoms with E-state index in [-0.39, 0.29) is 6.03 Å². The molecule has 23 heavy (non-hydrogen) atoms. The summed E-state index contributed by atoms with van der Waals surface area (Å²) >= 11 is 0. The summed E-state index contributed by atoms with van der Waals surface area (Å²) in [5.41, 5.74) is 3.70. The van der Waals surface area contributed by atoms with Crippen molar-refractivity contribution in [2.24, 2.45) is 0 Å². The average Bonchev–Trinajstić information content (AvgIpc) is 2.49. The quantitative estimate of drug-likeness (QED) is 0.765. The number of amides is 2. The first-order chi connectivity index (χ1) is 11.0.